The van der Waals surface area contributed by atoms with Crippen molar-refractivity contribution in [1.82, 2.24) is 0 Å². The molecular formula is C54H36O2. The first-order valence-electron chi connectivity index (χ1n) is 19.3. The van der Waals surface area contributed by atoms with Gasteiger partial charge in [-0.3, -0.25) is 0 Å². The lowest BCUT2D eigenvalue weighted by atomic mass is 9.86. The molecule has 2 atom stereocenters. The molecule has 8 aromatic carbocycles. The van der Waals surface area contributed by atoms with Gasteiger partial charge in [0.25, 0.3) is 0 Å². The van der Waals surface area contributed by atoms with Gasteiger partial charge in [-0.15, -0.1) is 0 Å². The molecule has 0 fully saturated rings. The van der Waals surface area contributed by atoms with Crippen LogP contribution in [0.15, 0.2) is 211 Å². The van der Waals surface area contributed by atoms with E-state index in [1.165, 1.54) is 55.6 Å². The summed E-state index contributed by atoms with van der Waals surface area (Å²) in [5, 5.41) is 2.16. The minimum Gasteiger partial charge on any atom is -0.481 e. The van der Waals surface area contributed by atoms with Gasteiger partial charge in [0.2, 0.25) is 0 Å². The van der Waals surface area contributed by atoms with E-state index in [2.05, 4.69) is 206 Å². The van der Waals surface area contributed by atoms with Gasteiger partial charge < -0.3 is 9.15 Å². The molecule has 2 nitrogen and oxygen atoms in total. The van der Waals surface area contributed by atoms with Gasteiger partial charge in [-0.25, -0.2) is 0 Å². The summed E-state index contributed by atoms with van der Waals surface area (Å²) in [6, 6.07) is 67.2. The van der Waals surface area contributed by atoms with Crippen molar-refractivity contribution in [2.24, 2.45) is 0 Å². The van der Waals surface area contributed by atoms with Crippen LogP contribution in [0.1, 0.15) is 17.0 Å². The lowest BCUT2D eigenvalue weighted by molar-refractivity contribution is 0.269. The van der Waals surface area contributed by atoms with Crippen molar-refractivity contribution in [2.45, 2.75) is 12.0 Å². The van der Waals surface area contributed by atoms with E-state index in [-0.39, 0.29) is 12.0 Å². The van der Waals surface area contributed by atoms with Crippen molar-refractivity contribution >= 4 is 27.5 Å². The van der Waals surface area contributed by atoms with Gasteiger partial charge in [0, 0.05) is 22.3 Å². The average Bonchev–Trinajstić information content (AvgIpc) is 3.85. The molecule has 1 aliphatic heterocycles. The molecule has 0 spiro atoms. The van der Waals surface area contributed by atoms with Crippen molar-refractivity contribution in [1.29, 1.82) is 0 Å². The molecule has 0 amide bonds. The number of benzene rings is 8. The molecule has 11 rings (SSSR count). The van der Waals surface area contributed by atoms with Gasteiger partial charge in [-0.1, -0.05) is 146 Å². The highest BCUT2D eigenvalue weighted by molar-refractivity contribution is 6.08. The second kappa shape index (κ2) is 13.3. The summed E-state index contributed by atoms with van der Waals surface area (Å²) in [4.78, 5) is 0. The predicted molar refractivity (Wildman–Crippen MR) is 232 cm³/mol. The summed E-state index contributed by atoms with van der Waals surface area (Å²) in [6.07, 6.45) is 6.73. The minimum absolute atomic E-state index is 0.116. The maximum Gasteiger partial charge on any atom is 0.177 e. The van der Waals surface area contributed by atoms with E-state index in [4.69, 9.17) is 9.15 Å². The van der Waals surface area contributed by atoms with Gasteiger partial charge in [0.1, 0.15) is 11.7 Å². The normalized spacial score (nSPS) is 15.7. The monoisotopic (exact) mass is 716 g/mol. The van der Waals surface area contributed by atoms with Crippen LogP contribution < -0.4 is 4.74 Å². The maximum atomic E-state index is 6.86. The van der Waals surface area contributed by atoms with Crippen LogP contribution in [0.3, 0.4) is 0 Å². The van der Waals surface area contributed by atoms with E-state index >= 15 is 0 Å². The number of fused-ring (bicyclic) bond motifs is 7. The van der Waals surface area contributed by atoms with Crippen molar-refractivity contribution < 1.29 is 9.15 Å². The zero-order chi connectivity index (χ0) is 37.0. The zero-order valence-electron chi connectivity index (χ0n) is 30.6. The quantitative estimate of drug-likeness (QED) is 0.171. The third-order valence-corrected chi connectivity index (χ3v) is 11.4. The molecule has 56 heavy (non-hydrogen) atoms. The number of hydrogen-bond donors (Lipinski definition) is 0. The summed E-state index contributed by atoms with van der Waals surface area (Å²) >= 11 is 0. The zero-order valence-corrected chi connectivity index (χ0v) is 30.6. The van der Waals surface area contributed by atoms with Crippen LogP contribution in [0.25, 0.3) is 83.1 Å². The minimum atomic E-state index is -0.128. The summed E-state index contributed by atoms with van der Waals surface area (Å²) in [5.74, 6) is 0.961. The third kappa shape index (κ3) is 5.66. The highest BCUT2D eigenvalue weighted by Gasteiger charge is 2.36. The molecule has 9 aromatic rings. The summed E-state index contributed by atoms with van der Waals surface area (Å²) in [6.45, 7) is 0. The molecule has 264 valence electrons. The first-order chi connectivity index (χ1) is 27.7. The van der Waals surface area contributed by atoms with E-state index < -0.39 is 0 Å². The summed E-state index contributed by atoms with van der Waals surface area (Å²) in [5.41, 5.74) is 17.0. The molecule has 0 saturated heterocycles. The summed E-state index contributed by atoms with van der Waals surface area (Å²) in [7, 11) is 0. The van der Waals surface area contributed by atoms with Gasteiger partial charge >= 0.3 is 0 Å². The molecular weight excluding hydrogens is 681 g/mol. The van der Waals surface area contributed by atoms with Gasteiger partial charge in [0.05, 0.1) is 0 Å². The highest BCUT2D eigenvalue weighted by Crippen LogP contribution is 2.49. The van der Waals surface area contributed by atoms with Crippen molar-refractivity contribution in [3.8, 4) is 61.4 Å². The second-order valence-electron chi connectivity index (χ2n) is 14.8. The van der Waals surface area contributed by atoms with Crippen LogP contribution in [0.4, 0.5) is 0 Å². The fourth-order valence-electron chi connectivity index (χ4n) is 8.54. The number of ether oxygens (including phenoxy) is 1. The van der Waals surface area contributed by atoms with E-state index in [1.807, 2.05) is 0 Å². The molecule has 2 heteroatoms. The highest BCUT2D eigenvalue weighted by atomic mass is 16.5. The Bertz CT molecular complexity index is 2860. The van der Waals surface area contributed by atoms with Gasteiger partial charge in [-0.05, 0) is 127 Å². The molecule has 1 aliphatic carbocycles. The number of hydrogen-bond acceptors (Lipinski definition) is 2. The first kappa shape index (κ1) is 32.3. The smallest absolute Gasteiger partial charge is 0.177 e. The van der Waals surface area contributed by atoms with E-state index in [9.17, 15) is 0 Å². The SMILES string of the molecule is C1=CC2c3ccc4c(oc5cc(-c6cc(-c7ccccc7)cc(-c7ccccc7)c6)ccc54)c3OC2C=C1c1cc(-c2ccccc2)cc(-c2ccccc2)c1. The van der Waals surface area contributed by atoms with E-state index in [0.29, 0.717) is 0 Å². The van der Waals surface area contributed by atoms with Gasteiger partial charge in [0.15, 0.2) is 11.3 Å². The van der Waals surface area contributed by atoms with Crippen LogP contribution in [0.2, 0.25) is 0 Å². The number of rotatable bonds is 6. The van der Waals surface area contributed by atoms with E-state index in [1.54, 1.807) is 0 Å². The Hall–Kier alpha value is -7.16. The molecule has 0 saturated carbocycles. The van der Waals surface area contributed by atoms with Crippen LogP contribution >= 0.6 is 0 Å². The Labute approximate surface area is 326 Å². The molecule has 0 radical (unpaired) electrons. The van der Waals surface area contributed by atoms with Crippen LogP contribution in [-0.4, -0.2) is 6.10 Å². The first-order valence-corrected chi connectivity index (χ1v) is 19.3. The average molecular weight is 717 g/mol. The summed E-state index contributed by atoms with van der Waals surface area (Å²) < 4.78 is 13.6. The predicted octanol–water partition coefficient (Wildman–Crippen LogP) is 14.4. The molecule has 2 unspecified atom stereocenters. The van der Waals surface area contributed by atoms with Crippen molar-refractivity contribution in [3.05, 3.63) is 217 Å². The topological polar surface area (TPSA) is 22.4 Å². The largest absolute Gasteiger partial charge is 0.481 e. The van der Waals surface area contributed by atoms with Crippen LogP contribution in [-0.2, 0) is 0 Å². The van der Waals surface area contributed by atoms with E-state index in [0.717, 1.165) is 44.4 Å². The third-order valence-electron chi connectivity index (χ3n) is 11.4. The lowest BCUT2D eigenvalue weighted by Crippen LogP contribution is -2.17. The van der Waals surface area contributed by atoms with Crippen LogP contribution in [0, 0.1) is 0 Å². The molecule has 2 aliphatic rings. The van der Waals surface area contributed by atoms with Gasteiger partial charge in [-0.2, -0.15) is 0 Å². The Kier molecular flexibility index (Phi) is 7.67. The molecule has 2 heterocycles. The molecule has 0 N–H and O–H groups in total. The van der Waals surface area contributed by atoms with Crippen molar-refractivity contribution in [2.75, 3.05) is 0 Å². The number of allylic oxidation sites excluding steroid dienone is 2. The Morgan fingerprint density at radius 2 is 0.839 bits per heavy atom. The second-order valence-corrected chi connectivity index (χ2v) is 14.8. The Morgan fingerprint density at radius 1 is 0.375 bits per heavy atom. The lowest BCUT2D eigenvalue weighted by Gasteiger charge is -2.20. The maximum absolute atomic E-state index is 6.86. The van der Waals surface area contributed by atoms with Crippen LogP contribution in [0.5, 0.6) is 5.75 Å². The van der Waals surface area contributed by atoms with Crippen molar-refractivity contribution in [3.63, 3.8) is 0 Å². The fraction of sp³-hybridized carbons (Fsp3) is 0.0370. The molecule has 1 aromatic heterocycles. The fourth-order valence-corrected chi connectivity index (χ4v) is 8.54. The standard InChI is InChI=1S/C54H36O2/c1-5-13-35(14-6-1)41-27-42(36-15-7-2-8-16-36)30-45(29-41)39-21-23-47-49-25-26-50-48-24-22-40(34-52(48)56-54(50)53(49)55-51(47)33-39)46-31-43(37-17-9-3-10-18-37)28-44(32-46)38-19-11-4-12-20-38/h1-34,47,51H. The Morgan fingerprint density at radius 3 is 1.36 bits per heavy atom. The molecule has 0 bridgehead atoms. The Balaban J connectivity index is 0.963. The number of furan rings is 1.